The normalized spacial score (nSPS) is 17.5. The molecule has 1 unspecified atom stereocenters. The van der Waals surface area contributed by atoms with E-state index >= 15 is 0 Å². The van der Waals surface area contributed by atoms with E-state index in [2.05, 4.69) is 32.7 Å². The average Bonchev–Trinajstić information content (AvgIpc) is 2.66. The molecule has 1 aromatic carbocycles. The van der Waals surface area contributed by atoms with Crippen LogP contribution in [0.15, 0.2) is 29.3 Å². The maximum Gasteiger partial charge on any atom is 0.191 e. The van der Waals surface area contributed by atoms with Gasteiger partial charge in [-0.3, -0.25) is 4.90 Å². The molecule has 28 heavy (non-hydrogen) atoms. The SMILES string of the molecule is CCNC(=NCc1ccccc1COC)NCC(C)(O)CN1CCOCC1.I. The first kappa shape index (κ1) is 25.1. The van der Waals surface area contributed by atoms with Crippen molar-refractivity contribution in [3.05, 3.63) is 35.4 Å². The lowest BCUT2D eigenvalue weighted by Gasteiger charge is -2.34. The number of methoxy groups -OCH3 is 1. The van der Waals surface area contributed by atoms with Crippen LogP contribution in [0.3, 0.4) is 0 Å². The fourth-order valence-electron chi connectivity index (χ4n) is 3.09. The lowest BCUT2D eigenvalue weighted by molar-refractivity contribution is -0.0201. The average molecular weight is 506 g/mol. The van der Waals surface area contributed by atoms with Crippen molar-refractivity contribution in [1.29, 1.82) is 0 Å². The Morgan fingerprint density at radius 3 is 2.57 bits per heavy atom. The number of hydrogen-bond donors (Lipinski definition) is 3. The van der Waals surface area contributed by atoms with Gasteiger partial charge in [-0.1, -0.05) is 24.3 Å². The lowest BCUT2D eigenvalue weighted by atomic mass is 10.1. The molecule has 1 fully saturated rings. The monoisotopic (exact) mass is 506 g/mol. The van der Waals surface area contributed by atoms with Gasteiger partial charge in [-0.2, -0.15) is 0 Å². The van der Waals surface area contributed by atoms with Crippen LogP contribution in [0.25, 0.3) is 0 Å². The van der Waals surface area contributed by atoms with Gasteiger partial charge in [-0.15, -0.1) is 24.0 Å². The summed E-state index contributed by atoms with van der Waals surface area (Å²) in [5.41, 5.74) is 1.43. The molecule has 0 aliphatic carbocycles. The number of benzene rings is 1. The Morgan fingerprint density at radius 1 is 1.25 bits per heavy atom. The Labute approximate surface area is 185 Å². The Bertz CT molecular complexity index is 593. The quantitative estimate of drug-likeness (QED) is 0.268. The van der Waals surface area contributed by atoms with Gasteiger partial charge in [0.25, 0.3) is 0 Å². The van der Waals surface area contributed by atoms with Crippen molar-refractivity contribution in [2.24, 2.45) is 4.99 Å². The predicted molar refractivity (Wildman–Crippen MR) is 123 cm³/mol. The Morgan fingerprint density at radius 2 is 1.93 bits per heavy atom. The van der Waals surface area contributed by atoms with Crippen molar-refractivity contribution in [3.8, 4) is 0 Å². The summed E-state index contributed by atoms with van der Waals surface area (Å²) in [7, 11) is 1.70. The predicted octanol–water partition coefficient (Wildman–Crippen LogP) is 1.59. The summed E-state index contributed by atoms with van der Waals surface area (Å²) in [6, 6.07) is 8.14. The highest BCUT2D eigenvalue weighted by atomic mass is 127. The minimum atomic E-state index is -0.846. The van der Waals surface area contributed by atoms with Crippen molar-refractivity contribution in [2.45, 2.75) is 32.6 Å². The van der Waals surface area contributed by atoms with Gasteiger partial charge in [0.15, 0.2) is 5.96 Å². The second-order valence-corrected chi connectivity index (χ2v) is 7.14. The molecule has 0 spiro atoms. The molecular weight excluding hydrogens is 471 g/mol. The zero-order valence-corrected chi connectivity index (χ0v) is 19.6. The summed E-state index contributed by atoms with van der Waals surface area (Å²) in [4.78, 5) is 6.90. The molecule has 1 aliphatic heterocycles. The number of hydrogen-bond acceptors (Lipinski definition) is 5. The molecule has 0 radical (unpaired) electrons. The third kappa shape index (κ3) is 9.04. The number of ether oxygens (including phenoxy) is 2. The van der Waals surface area contributed by atoms with E-state index in [0.29, 0.717) is 32.2 Å². The second-order valence-electron chi connectivity index (χ2n) is 7.14. The van der Waals surface area contributed by atoms with E-state index in [-0.39, 0.29) is 24.0 Å². The summed E-state index contributed by atoms with van der Waals surface area (Å²) >= 11 is 0. The van der Waals surface area contributed by atoms with E-state index in [9.17, 15) is 5.11 Å². The number of aliphatic hydroxyl groups is 1. The number of morpholine rings is 1. The molecule has 1 heterocycles. The van der Waals surface area contributed by atoms with Crippen LogP contribution in [-0.4, -0.2) is 74.6 Å². The van der Waals surface area contributed by atoms with Crippen molar-refractivity contribution in [1.82, 2.24) is 15.5 Å². The number of β-amino-alcohol motifs (C(OH)–C–C–N with tert-alkyl or cyclic N) is 1. The zero-order valence-electron chi connectivity index (χ0n) is 17.2. The van der Waals surface area contributed by atoms with Crippen molar-refractivity contribution >= 4 is 29.9 Å². The molecule has 1 saturated heterocycles. The van der Waals surface area contributed by atoms with Gasteiger partial charge in [0.2, 0.25) is 0 Å². The molecule has 1 atom stereocenters. The topological polar surface area (TPSA) is 78.4 Å². The van der Waals surface area contributed by atoms with Crippen LogP contribution < -0.4 is 10.6 Å². The molecule has 1 aromatic rings. The van der Waals surface area contributed by atoms with Gasteiger partial charge >= 0.3 is 0 Å². The summed E-state index contributed by atoms with van der Waals surface area (Å²) in [5, 5.41) is 17.3. The number of rotatable bonds is 9. The lowest BCUT2D eigenvalue weighted by Crippen LogP contribution is -2.52. The Hall–Kier alpha value is -0.940. The third-order valence-electron chi connectivity index (χ3n) is 4.47. The molecule has 7 nitrogen and oxygen atoms in total. The Balaban J connectivity index is 0.00000392. The molecule has 0 aromatic heterocycles. The maximum absolute atomic E-state index is 10.7. The van der Waals surface area contributed by atoms with E-state index in [1.54, 1.807) is 7.11 Å². The van der Waals surface area contributed by atoms with E-state index in [1.807, 2.05) is 26.0 Å². The number of aliphatic imine (C=N–C) groups is 1. The molecule has 2 rings (SSSR count). The number of nitrogens with zero attached hydrogens (tertiary/aromatic N) is 2. The van der Waals surface area contributed by atoms with E-state index in [4.69, 9.17) is 9.47 Å². The van der Waals surface area contributed by atoms with Crippen molar-refractivity contribution < 1.29 is 14.6 Å². The van der Waals surface area contributed by atoms with Gasteiger partial charge in [0.05, 0.1) is 32.0 Å². The fourth-order valence-corrected chi connectivity index (χ4v) is 3.09. The highest BCUT2D eigenvalue weighted by Gasteiger charge is 2.25. The van der Waals surface area contributed by atoms with E-state index in [1.165, 1.54) is 0 Å². The zero-order chi connectivity index (χ0) is 19.5. The molecule has 1 aliphatic rings. The molecule has 0 bridgehead atoms. The van der Waals surface area contributed by atoms with E-state index < -0.39 is 5.60 Å². The van der Waals surface area contributed by atoms with Crippen LogP contribution in [0.2, 0.25) is 0 Å². The summed E-state index contributed by atoms with van der Waals surface area (Å²) in [6.45, 7) is 10.00. The summed E-state index contributed by atoms with van der Waals surface area (Å²) in [5.74, 6) is 0.701. The number of guanidine groups is 1. The van der Waals surface area contributed by atoms with Gasteiger partial charge in [-0.05, 0) is 25.0 Å². The molecule has 8 heteroatoms. The second kappa shape index (κ2) is 13.3. The Kier molecular flexibility index (Phi) is 11.9. The van der Waals surface area contributed by atoms with E-state index in [0.717, 1.165) is 44.0 Å². The fraction of sp³-hybridized carbons (Fsp3) is 0.650. The first-order valence-corrected chi connectivity index (χ1v) is 9.64. The van der Waals surface area contributed by atoms with Gasteiger partial charge in [0, 0.05) is 39.8 Å². The first-order chi connectivity index (χ1) is 13.0. The van der Waals surface area contributed by atoms with Gasteiger partial charge in [-0.25, -0.2) is 4.99 Å². The number of nitrogens with one attached hydrogen (secondary N) is 2. The minimum Gasteiger partial charge on any atom is -0.387 e. The maximum atomic E-state index is 10.7. The van der Waals surface area contributed by atoms with Gasteiger partial charge in [0.1, 0.15) is 0 Å². The highest BCUT2D eigenvalue weighted by Crippen LogP contribution is 2.11. The van der Waals surface area contributed by atoms with Crippen molar-refractivity contribution in [2.75, 3.05) is 53.0 Å². The minimum absolute atomic E-state index is 0. The molecule has 0 saturated carbocycles. The molecule has 3 N–H and O–H groups in total. The molecule has 0 amide bonds. The highest BCUT2D eigenvalue weighted by molar-refractivity contribution is 14.0. The van der Waals surface area contributed by atoms with Crippen LogP contribution in [0, 0.1) is 0 Å². The van der Waals surface area contributed by atoms with Crippen LogP contribution >= 0.6 is 24.0 Å². The number of halogens is 1. The van der Waals surface area contributed by atoms with Gasteiger partial charge < -0.3 is 25.2 Å². The van der Waals surface area contributed by atoms with Crippen molar-refractivity contribution in [3.63, 3.8) is 0 Å². The summed E-state index contributed by atoms with van der Waals surface area (Å²) in [6.07, 6.45) is 0. The molecular formula is C20H35IN4O3. The summed E-state index contributed by atoms with van der Waals surface area (Å²) < 4.78 is 10.6. The smallest absolute Gasteiger partial charge is 0.191 e. The first-order valence-electron chi connectivity index (χ1n) is 9.64. The third-order valence-corrected chi connectivity index (χ3v) is 4.47. The van der Waals surface area contributed by atoms with Crippen LogP contribution in [-0.2, 0) is 22.6 Å². The standard InChI is InChI=1S/C20H34N4O3.HI/c1-4-21-19(22-13-17-7-5-6-8-18(17)14-26-3)23-15-20(2,25)16-24-9-11-27-12-10-24;/h5-8,25H,4,9-16H2,1-3H3,(H2,21,22,23);1H. The van der Waals surface area contributed by atoms with Crippen LogP contribution in [0.4, 0.5) is 0 Å². The van der Waals surface area contributed by atoms with Crippen LogP contribution in [0.5, 0.6) is 0 Å². The molecule has 160 valence electrons. The van der Waals surface area contributed by atoms with Crippen LogP contribution in [0.1, 0.15) is 25.0 Å². The largest absolute Gasteiger partial charge is 0.387 e.